The molecule has 0 aliphatic heterocycles. The monoisotopic (exact) mass is 302 g/mol. The maximum absolute atomic E-state index is 11.9. The molecule has 3 rings (SSSR count). The van der Waals surface area contributed by atoms with Crippen LogP contribution in [0, 0.1) is 6.92 Å². The molecule has 3 aromatic heterocycles. The Hall–Kier alpha value is -2.34. The van der Waals surface area contributed by atoms with Crippen LogP contribution in [0.2, 0.25) is 0 Å². The van der Waals surface area contributed by atoms with Crippen LogP contribution in [0.3, 0.4) is 0 Å². The Morgan fingerprint density at radius 3 is 3.00 bits per heavy atom. The average molecular weight is 302 g/mol. The van der Waals surface area contributed by atoms with E-state index in [1.165, 1.54) is 0 Å². The standard InChI is InChI=1S/C15H14N2O3S/c1-10-12(17-15(20-10)13-5-3-7-21-13)8-14(18)16-9-11-4-2-6-19-11/h2-7H,8-9H2,1H3,(H,16,18). The van der Waals surface area contributed by atoms with Crippen LogP contribution in [-0.4, -0.2) is 10.9 Å². The molecule has 1 amide bonds. The molecule has 3 heterocycles. The quantitative estimate of drug-likeness (QED) is 0.786. The lowest BCUT2D eigenvalue weighted by molar-refractivity contribution is -0.120. The number of nitrogens with zero attached hydrogens (tertiary/aromatic N) is 1. The SMILES string of the molecule is Cc1oc(-c2cccs2)nc1CC(=O)NCc1ccco1. The summed E-state index contributed by atoms with van der Waals surface area (Å²) in [5.41, 5.74) is 0.662. The largest absolute Gasteiger partial charge is 0.467 e. The van der Waals surface area contributed by atoms with Crippen LogP contribution in [0.15, 0.2) is 44.7 Å². The Balaban J connectivity index is 1.63. The number of thiophene rings is 1. The van der Waals surface area contributed by atoms with E-state index in [1.807, 2.05) is 30.5 Å². The number of aryl methyl sites for hydroxylation is 1. The van der Waals surface area contributed by atoms with Crippen molar-refractivity contribution in [3.63, 3.8) is 0 Å². The highest BCUT2D eigenvalue weighted by molar-refractivity contribution is 7.13. The predicted molar refractivity (Wildman–Crippen MR) is 78.8 cm³/mol. The zero-order valence-electron chi connectivity index (χ0n) is 11.5. The van der Waals surface area contributed by atoms with Crippen molar-refractivity contribution >= 4 is 17.2 Å². The number of amides is 1. The van der Waals surface area contributed by atoms with Crippen LogP contribution in [-0.2, 0) is 17.8 Å². The van der Waals surface area contributed by atoms with Crippen molar-refractivity contribution in [2.45, 2.75) is 19.9 Å². The number of furan rings is 1. The minimum absolute atomic E-state index is 0.111. The molecule has 0 spiro atoms. The lowest BCUT2D eigenvalue weighted by Gasteiger charge is -2.01. The highest BCUT2D eigenvalue weighted by Crippen LogP contribution is 2.25. The number of oxazole rings is 1. The Bertz CT molecular complexity index is 714. The highest BCUT2D eigenvalue weighted by Gasteiger charge is 2.15. The van der Waals surface area contributed by atoms with Crippen molar-refractivity contribution in [2.24, 2.45) is 0 Å². The molecule has 0 bridgehead atoms. The summed E-state index contributed by atoms with van der Waals surface area (Å²) < 4.78 is 10.8. The zero-order chi connectivity index (χ0) is 14.7. The van der Waals surface area contributed by atoms with Crippen molar-refractivity contribution in [1.82, 2.24) is 10.3 Å². The van der Waals surface area contributed by atoms with Crippen LogP contribution in [0.5, 0.6) is 0 Å². The van der Waals surface area contributed by atoms with Crippen LogP contribution in [0.25, 0.3) is 10.8 Å². The summed E-state index contributed by atoms with van der Waals surface area (Å²) in [7, 11) is 0. The third kappa shape index (κ3) is 3.22. The number of carbonyl (C=O) groups excluding carboxylic acids is 1. The molecular formula is C15H14N2O3S. The highest BCUT2D eigenvalue weighted by atomic mass is 32.1. The minimum atomic E-state index is -0.111. The van der Waals surface area contributed by atoms with Crippen molar-refractivity contribution < 1.29 is 13.6 Å². The maximum Gasteiger partial charge on any atom is 0.236 e. The molecule has 0 aliphatic carbocycles. The van der Waals surface area contributed by atoms with Crippen molar-refractivity contribution in [2.75, 3.05) is 0 Å². The lowest BCUT2D eigenvalue weighted by Crippen LogP contribution is -2.24. The summed E-state index contributed by atoms with van der Waals surface area (Å²) in [4.78, 5) is 17.3. The Kier molecular flexibility index (Phi) is 3.87. The first-order chi connectivity index (χ1) is 10.2. The predicted octanol–water partition coefficient (Wildman–Crippen LogP) is 3.16. The third-order valence-corrected chi connectivity index (χ3v) is 3.85. The fourth-order valence-corrected chi connectivity index (χ4v) is 2.56. The first kappa shape index (κ1) is 13.6. The molecule has 3 aromatic rings. The molecule has 0 saturated carbocycles. The third-order valence-electron chi connectivity index (χ3n) is 2.99. The lowest BCUT2D eigenvalue weighted by atomic mass is 10.2. The van der Waals surface area contributed by atoms with E-state index >= 15 is 0 Å². The Morgan fingerprint density at radius 2 is 2.29 bits per heavy atom. The second-order valence-corrected chi connectivity index (χ2v) is 5.48. The van der Waals surface area contributed by atoms with Crippen molar-refractivity contribution in [1.29, 1.82) is 0 Å². The molecule has 1 N–H and O–H groups in total. The number of rotatable bonds is 5. The molecule has 0 atom stereocenters. The average Bonchev–Trinajstić information content (AvgIpc) is 3.18. The maximum atomic E-state index is 11.9. The van der Waals surface area contributed by atoms with Crippen LogP contribution in [0.1, 0.15) is 17.2 Å². The molecular weight excluding hydrogens is 288 g/mol. The molecule has 108 valence electrons. The van der Waals surface area contributed by atoms with Crippen molar-refractivity contribution in [3.05, 3.63) is 53.1 Å². The molecule has 5 nitrogen and oxygen atoms in total. The first-order valence-corrected chi connectivity index (χ1v) is 7.39. The summed E-state index contributed by atoms with van der Waals surface area (Å²) in [5.74, 6) is 1.85. The first-order valence-electron chi connectivity index (χ1n) is 6.51. The van der Waals surface area contributed by atoms with Gasteiger partial charge in [-0.3, -0.25) is 4.79 Å². The van der Waals surface area contributed by atoms with E-state index in [-0.39, 0.29) is 12.3 Å². The molecule has 0 radical (unpaired) electrons. The summed E-state index contributed by atoms with van der Waals surface area (Å²) in [5, 5.41) is 4.76. The van der Waals surface area contributed by atoms with Crippen LogP contribution >= 0.6 is 11.3 Å². The number of hydrogen-bond acceptors (Lipinski definition) is 5. The van der Waals surface area contributed by atoms with Gasteiger partial charge in [0.1, 0.15) is 11.5 Å². The van der Waals surface area contributed by atoms with Gasteiger partial charge in [-0.05, 0) is 30.5 Å². The van der Waals surface area contributed by atoms with E-state index in [0.29, 0.717) is 23.9 Å². The summed E-state index contributed by atoms with van der Waals surface area (Å²) in [6, 6.07) is 7.49. The van der Waals surface area contributed by atoms with Crippen LogP contribution in [0.4, 0.5) is 0 Å². The smallest absolute Gasteiger partial charge is 0.236 e. The number of carbonyl (C=O) groups is 1. The van der Waals surface area contributed by atoms with Gasteiger partial charge in [-0.1, -0.05) is 6.07 Å². The summed E-state index contributed by atoms with van der Waals surface area (Å²) in [6.07, 6.45) is 1.78. The molecule has 0 aliphatic rings. The number of nitrogens with one attached hydrogen (secondary N) is 1. The van der Waals surface area contributed by atoms with Crippen molar-refractivity contribution in [3.8, 4) is 10.8 Å². The minimum Gasteiger partial charge on any atom is -0.467 e. The summed E-state index contributed by atoms with van der Waals surface area (Å²) in [6.45, 7) is 2.19. The molecule has 0 unspecified atom stereocenters. The molecule has 0 saturated heterocycles. The topological polar surface area (TPSA) is 68.3 Å². The zero-order valence-corrected chi connectivity index (χ0v) is 12.3. The van der Waals surface area contributed by atoms with Gasteiger partial charge in [0, 0.05) is 0 Å². The van der Waals surface area contributed by atoms with Gasteiger partial charge in [0.2, 0.25) is 11.8 Å². The van der Waals surface area contributed by atoms with E-state index in [0.717, 1.165) is 10.6 Å². The van der Waals surface area contributed by atoms with Gasteiger partial charge in [0.15, 0.2) is 0 Å². The molecule has 21 heavy (non-hydrogen) atoms. The van der Waals surface area contributed by atoms with E-state index < -0.39 is 0 Å². The van der Waals surface area contributed by atoms with Gasteiger partial charge in [0.05, 0.1) is 29.8 Å². The van der Waals surface area contributed by atoms with E-state index in [2.05, 4.69) is 10.3 Å². The second kappa shape index (κ2) is 5.97. The van der Waals surface area contributed by atoms with Gasteiger partial charge >= 0.3 is 0 Å². The van der Waals surface area contributed by atoms with E-state index in [1.54, 1.807) is 23.7 Å². The van der Waals surface area contributed by atoms with Crippen LogP contribution < -0.4 is 5.32 Å². The van der Waals surface area contributed by atoms with E-state index in [4.69, 9.17) is 8.83 Å². The number of aromatic nitrogens is 1. The molecule has 0 fully saturated rings. The molecule has 0 aromatic carbocycles. The van der Waals surface area contributed by atoms with Gasteiger partial charge in [0.25, 0.3) is 0 Å². The fourth-order valence-electron chi connectivity index (χ4n) is 1.91. The van der Waals surface area contributed by atoms with Gasteiger partial charge in [-0.25, -0.2) is 4.98 Å². The van der Waals surface area contributed by atoms with Gasteiger partial charge < -0.3 is 14.2 Å². The second-order valence-electron chi connectivity index (χ2n) is 4.53. The summed E-state index contributed by atoms with van der Waals surface area (Å²) >= 11 is 1.56. The number of hydrogen-bond donors (Lipinski definition) is 1. The van der Waals surface area contributed by atoms with Gasteiger partial charge in [-0.15, -0.1) is 11.3 Å². The Labute approximate surface area is 125 Å². The van der Waals surface area contributed by atoms with E-state index in [9.17, 15) is 4.79 Å². The Morgan fingerprint density at radius 1 is 1.38 bits per heavy atom. The molecule has 6 heteroatoms. The van der Waals surface area contributed by atoms with Gasteiger partial charge in [-0.2, -0.15) is 0 Å². The normalized spacial score (nSPS) is 10.7. The fraction of sp³-hybridized carbons (Fsp3) is 0.200.